The van der Waals surface area contributed by atoms with Gasteiger partial charge in [-0.1, -0.05) is 18.2 Å². The van der Waals surface area contributed by atoms with E-state index in [4.69, 9.17) is 5.73 Å². The van der Waals surface area contributed by atoms with Gasteiger partial charge in [-0.15, -0.1) is 0 Å². The molecule has 0 bridgehead atoms. The Kier molecular flexibility index (Phi) is 4.45. The van der Waals surface area contributed by atoms with Gasteiger partial charge < -0.3 is 5.73 Å². The number of allylic oxidation sites excluding steroid dienone is 4. The molecule has 2 aliphatic heterocycles. The van der Waals surface area contributed by atoms with Gasteiger partial charge in [0.05, 0.1) is 11.7 Å². The second-order valence-electron chi connectivity index (χ2n) is 8.00. The molecular weight excluding hydrogens is 328 g/mol. The minimum absolute atomic E-state index is 0.0773. The molecule has 1 amide bonds. The molecule has 6 nitrogen and oxygen atoms in total. The molecule has 2 aliphatic carbocycles. The topological polar surface area (TPSA) is 90.0 Å². The molecule has 2 N–H and O–H groups in total. The Morgan fingerprint density at radius 1 is 1.23 bits per heavy atom. The number of nitrogens with two attached hydrogens (primary N) is 1. The number of carbonyl (C=O) groups is 2. The van der Waals surface area contributed by atoms with Crippen LogP contribution in [0.2, 0.25) is 0 Å². The molecule has 0 aromatic heterocycles. The number of rotatable bonds is 6. The molecule has 2 fully saturated rings. The van der Waals surface area contributed by atoms with Gasteiger partial charge in [-0.3, -0.25) is 19.4 Å². The highest BCUT2D eigenvalue weighted by molar-refractivity contribution is 5.83. The lowest BCUT2D eigenvalue weighted by Crippen LogP contribution is -2.60. The van der Waals surface area contributed by atoms with Crippen LogP contribution in [0.5, 0.6) is 0 Å². The van der Waals surface area contributed by atoms with Crippen LogP contribution in [0.25, 0.3) is 0 Å². The van der Waals surface area contributed by atoms with Gasteiger partial charge in [0.15, 0.2) is 0 Å². The van der Waals surface area contributed by atoms with Crippen molar-refractivity contribution in [3.05, 3.63) is 23.8 Å². The summed E-state index contributed by atoms with van der Waals surface area (Å²) in [5, 5.41) is 9.52. The second-order valence-corrected chi connectivity index (χ2v) is 8.00. The number of primary amides is 1. The van der Waals surface area contributed by atoms with Gasteiger partial charge in [0, 0.05) is 13.1 Å². The zero-order valence-electron chi connectivity index (χ0n) is 15.0. The van der Waals surface area contributed by atoms with E-state index < -0.39 is 0 Å². The summed E-state index contributed by atoms with van der Waals surface area (Å²) in [6.07, 6.45) is 13.1. The molecule has 4 aliphatic rings. The van der Waals surface area contributed by atoms with Gasteiger partial charge in [0.1, 0.15) is 18.4 Å². The Hall–Kier alpha value is -1.97. The lowest BCUT2D eigenvalue weighted by molar-refractivity contribution is -0.121. The largest absolute Gasteiger partial charge is 0.368 e. The lowest BCUT2D eigenvalue weighted by Gasteiger charge is -2.51. The van der Waals surface area contributed by atoms with E-state index in [1.54, 1.807) is 0 Å². The smallest absolute Gasteiger partial charge is 0.236 e. The van der Waals surface area contributed by atoms with Crippen LogP contribution in [0, 0.1) is 23.2 Å². The van der Waals surface area contributed by atoms with Gasteiger partial charge >= 0.3 is 0 Å². The van der Waals surface area contributed by atoms with Crippen molar-refractivity contribution < 1.29 is 9.59 Å². The summed E-state index contributed by atoms with van der Waals surface area (Å²) in [4.78, 5) is 27.6. The van der Waals surface area contributed by atoms with E-state index >= 15 is 0 Å². The normalized spacial score (nSPS) is 40.7. The van der Waals surface area contributed by atoms with E-state index in [0.717, 1.165) is 56.9 Å². The van der Waals surface area contributed by atoms with Gasteiger partial charge in [-0.25, -0.2) is 0 Å². The van der Waals surface area contributed by atoms with E-state index in [1.807, 2.05) is 0 Å². The molecule has 2 heterocycles. The number of carbonyl (C=O) groups excluding carboxylic acids is 2. The summed E-state index contributed by atoms with van der Waals surface area (Å²) in [5.41, 5.74) is 6.22. The van der Waals surface area contributed by atoms with Gasteiger partial charge in [0.2, 0.25) is 5.91 Å². The number of nitriles is 1. The van der Waals surface area contributed by atoms with Crippen molar-refractivity contribution in [2.75, 3.05) is 13.1 Å². The Balaban J connectivity index is 1.73. The van der Waals surface area contributed by atoms with Crippen LogP contribution in [0.4, 0.5) is 0 Å². The molecule has 6 heteroatoms. The molecule has 138 valence electrons. The van der Waals surface area contributed by atoms with Crippen molar-refractivity contribution in [2.45, 2.75) is 56.3 Å². The van der Waals surface area contributed by atoms with Gasteiger partial charge in [-0.05, 0) is 55.9 Å². The Morgan fingerprint density at radius 2 is 2.04 bits per heavy atom. The number of aldehydes is 1. The highest BCUT2D eigenvalue weighted by Gasteiger charge is 2.66. The standard InChI is InChI=1S/C20H26N4O2/c21-10-17-11-23(17)20(15-4-2-1-3-5-15,24-12-18(24)19(22)26)16-8-6-14(13-25)7-9-16/h1-2,6,13,15-18H,3-5,7-9,11-12H2,(H2,22,26). The Morgan fingerprint density at radius 3 is 2.54 bits per heavy atom. The number of nitrogens with zero attached hydrogens (tertiary/aromatic N) is 3. The molecule has 4 rings (SSSR count). The summed E-state index contributed by atoms with van der Waals surface area (Å²) in [6.45, 7) is 1.45. The number of hydrogen-bond acceptors (Lipinski definition) is 5. The fraction of sp³-hybridized carbons (Fsp3) is 0.650. The molecular formula is C20H26N4O2. The van der Waals surface area contributed by atoms with Crippen LogP contribution in [-0.2, 0) is 9.59 Å². The maximum atomic E-state index is 11.9. The third-order valence-electron chi connectivity index (χ3n) is 6.69. The average Bonchev–Trinajstić information content (AvgIpc) is 3.59. The molecule has 7 atom stereocenters. The zero-order valence-corrected chi connectivity index (χ0v) is 15.0. The third kappa shape index (κ3) is 2.70. The predicted octanol–water partition coefficient (Wildman–Crippen LogP) is 1.34. The van der Waals surface area contributed by atoms with E-state index in [2.05, 4.69) is 34.1 Å². The lowest BCUT2D eigenvalue weighted by atomic mass is 9.70. The summed E-state index contributed by atoms with van der Waals surface area (Å²) in [7, 11) is 0. The first-order valence-electron chi connectivity index (χ1n) is 9.64. The van der Waals surface area contributed by atoms with Crippen molar-refractivity contribution in [3.63, 3.8) is 0 Å². The quantitative estimate of drug-likeness (QED) is 0.442. The van der Waals surface area contributed by atoms with Crippen LogP contribution in [-0.4, -0.2) is 52.8 Å². The SMILES string of the molecule is N#CC1CN1C(C1CC=CCC1)(C1CC=C(C=O)CC1)N1CC1C(N)=O. The maximum Gasteiger partial charge on any atom is 0.236 e. The summed E-state index contributed by atoms with van der Waals surface area (Å²) < 4.78 is 0. The van der Waals surface area contributed by atoms with Crippen molar-refractivity contribution >= 4 is 12.2 Å². The van der Waals surface area contributed by atoms with Crippen LogP contribution in [0.3, 0.4) is 0 Å². The van der Waals surface area contributed by atoms with Crippen LogP contribution in [0.15, 0.2) is 23.8 Å². The predicted molar refractivity (Wildman–Crippen MR) is 96.5 cm³/mol. The monoisotopic (exact) mass is 354 g/mol. The minimum atomic E-state index is -0.296. The Bertz CT molecular complexity index is 709. The molecule has 2 saturated heterocycles. The van der Waals surface area contributed by atoms with E-state index in [-0.39, 0.29) is 23.7 Å². The third-order valence-corrected chi connectivity index (χ3v) is 6.69. The molecule has 26 heavy (non-hydrogen) atoms. The van der Waals surface area contributed by atoms with E-state index in [0.29, 0.717) is 18.4 Å². The first-order chi connectivity index (χ1) is 12.6. The highest BCUT2D eigenvalue weighted by Crippen LogP contribution is 2.54. The first kappa shape index (κ1) is 17.4. The summed E-state index contributed by atoms with van der Waals surface area (Å²) in [5.74, 6) is 0.424. The minimum Gasteiger partial charge on any atom is -0.368 e. The van der Waals surface area contributed by atoms with Gasteiger partial charge in [0.25, 0.3) is 0 Å². The number of hydrogen-bond donors (Lipinski definition) is 1. The van der Waals surface area contributed by atoms with Crippen LogP contribution >= 0.6 is 0 Å². The molecule has 0 aromatic carbocycles. The van der Waals surface area contributed by atoms with E-state index in [9.17, 15) is 14.9 Å². The maximum absolute atomic E-state index is 11.9. The van der Waals surface area contributed by atoms with Crippen LogP contribution < -0.4 is 5.73 Å². The summed E-state index contributed by atoms with van der Waals surface area (Å²) in [6, 6.07) is 2.11. The molecule has 0 saturated carbocycles. The van der Waals surface area contributed by atoms with Crippen molar-refractivity contribution in [1.29, 1.82) is 5.26 Å². The van der Waals surface area contributed by atoms with Crippen molar-refractivity contribution in [2.24, 2.45) is 17.6 Å². The van der Waals surface area contributed by atoms with Gasteiger partial charge in [-0.2, -0.15) is 5.26 Å². The molecule has 7 unspecified atom stereocenters. The zero-order chi connectivity index (χ0) is 18.3. The van der Waals surface area contributed by atoms with E-state index in [1.165, 1.54) is 0 Å². The second kappa shape index (κ2) is 6.64. The Labute approximate surface area is 154 Å². The fourth-order valence-electron chi connectivity index (χ4n) is 5.39. The molecule has 0 aromatic rings. The fourth-order valence-corrected chi connectivity index (χ4v) is 5.39. The van der Waals surface area contributed by atoms with Crippen LogP contribution in [0.1, 0.15) is 38.5 Å². The molecule has 0 spiro atoms. The first-order valence-corrected chi connectivity index (χ1v) is 9.64. The highest BCUT2D eigenvalue weighted by atomic mass is 16.2. The number of amides is 1. The molecule has 0 radical (unpaired) electrons. The summed E-state index contributed by atoms with van der Waals surface area (Å²) >= 11 is 0. The average molecular weight is 354 g/mol. The van der Waals surface area contributed by atoms with Crippen molar-refractivity contribution in [3.8, 4) is 6.07 Å². The van der Waals surface area contributed by atoms with Crippen molar-refractivity contribution in [1.82, 2.24) is 9.80 Å².